The van der Waals surface area contributed by atoms with Gasteiger partial charge in [0.25, 0.3) is 0 Å². The summed E-state index contributed by atoms with van der Waals surface area (Å²) in [4.78, 5) is 11.2. The SMILES string of the molecule is COc1cc(Nc2nc3c(N4CCC(O)CC4)nccn3n2)cc(OC)c1. The molecule has 9 nitrogen and oxygen atoms in total. The van der Waals surface area contributed by atoms with E-state index in [1.807, 2.05) is 12.1 Å². The lowest BCUT2D eigenvalue weighted by Crippen LogP contribution is -2.36. The Morgan fingerprint density at radius 2 is 1.81 bits per heavy atom. The molecule has 2 N–H and O–H groups in total. The van der Waals surface area contributed by atoms with E-state index in [0.29, 0.717) is 23.1 Å². The van der Waals surface area contributed by atoms with E-state index in [0.717, 1.165) is 37.4 Å². The number of aliphatic hydroxyl groups is 1. The van der Waals surface area contributed by atoms with Crippen LogP contribution in [0.15, 0.2) is 30.6 Å². The van der Waals surface area contributed by atoms with Gasteiger partial charge in [-0.25, -0.2) is 9.50 Å². The number of methoxy groups -OCH3 is 2. The first-order chi connectivity index (χ1) is 13.2. The fourth-order valence-electron chi connectivity index (χ4n) is 3.17. The highest BCUT2D eigenvalue weighted by molar-refractivity contribution is 5.67. The number of nitrogens with one attached hydrogen (secondary N) is 1. The Labute approximate surface area is 156 Å². The van der Waals surface area contributed by atoms with Gasteiger partial charge in [-0.05, 0) is 12.8 Å². The summed E-state index contributed by atoms with van der Waals surface area (Å²) in [6.45, 7) is 1.49. The number of hydrogen-bond acceptors (Lipinski definition) is 8. The number of nitrogens with zero attached hydrogens (tertiary/aromatic N) is 5. The Morgan fingerprint density at radius 3 is 2.48 bits per heavy atom. The number of aliphatic hydroxyl groups excluding tert-OH is 1. The van der Waals surface area contributed by atoms with Crippen molar-refractivity contribution in [2.24, 2.45) is 0 Å². The molecular weight excluding hydrogens is 348 g/mol. The van der Waals surface area contributed by atoms with Gasteiger partial charge in [-0.1, -0.05) is 0 Å². The van der Waals surface area contributed by atoms with Gasteiger partial charge in [0.2, 0.25) is 5.95 Å². The Kier molecular flexibility index (Phi) is 4.68. The molecule has 2 aromatic heterocycles. The highest BCUT2D eigenvalue weighted by Gasteiger charge is 2.21. The second kappa shape index (κ2) is 7.28. The zero-order chi connectivity index (χ0) is 18.8. The summed E-state index contributed by atoms with van der Waals surface area (Å²) in [7, 11) is 3.21. The lowest BCUT2D eigenvalue weighted by Gasteiger charge is -2.30. The predicted molar refractivity (Wildman–Crippen MR) is 101 cm³/mol. The maximum Gasteiger partial charge on any atom is 0.247 e. The topological polar surface area (TPSA) is 97.0 Å². The fraction of sp³-hybridized carbons (Fsp3) is 0.389. The van der Waals surface area contributed by atoms with Crippen molar-refractivity contribution in [1.29, 1.82) is 0 Å². The Hall–Kier alpha value is -3.07. The average Bonchev–Trinajstić information content (AvgIpc) is 3.10. The van der Waals surface area contributed by atoms with Gasteiger partial charge in [0.15, 0.2) is 11.5 Å². The minimum absolute atomic E-state index is 0.237. The van der Waals surface area contributed by atoms with E-state index in [-0.39, 0.29) is 6.10 Å². The summed E-state index contributed by atoms with van der Waals surface area (Å²) in [5.41, 5.74) is 1.43. The number of aromatic nitrogens is 4. The average molecular weight is 370 g/mol. The number of hydrogen-bond donors (Lipinski definition) is 2. The van der Waals surface area contributed by atoms with Gasteiger partial charge in [-0.3, -0.25) is 0 Å². The molecule has 0 spiro atoms. The first-order valence-electron chi connectivity index (χ1n) is 8.81. The van der Waals surface area contributed by atoms with Crippen molar-refractivity contribution in [3.05, 3.63) is 30.6 Å². The number of anilines is 3. The van der Waals surface area contributed by atoms with E-state index in [4.69, 9.17) is 9.47 Å². The molecule has 0 aliphatic carbocycles. The second-order valence-corrected chi connectivity index (χ2v) is 6.40. The number of piperidine rings is 1. The van der Waals surface area contributed by atoms with Crippen LogP contribution in [-0.4, -0.2) is 58.1 Å². The monoisotopic (exact) mass is 370 g/mol. The number of rotatable bonds is 5. The third kappa shape index (κ3) is 3.59. The second-order valence-electron chi connectivity index (χ2n) is 6.40. The van der Waals surface area contributed by atoms with Crippen LogP contribution in [-0.2, 0) is 0 Å². The molecule has 0 bridgehead atoms. The maximum atomic E-state index is 9.73. The largest absolute Gasteiger partial charge is 0.497 e. The summed E-state index contributed by atoms with van der Waals surface area (Å²) in [6, 6.07) is 5.49. The first-order valence-corrected chi connectivity index (χ1v) is 8.81. The van der Waals surface area contributed by atoms with Crippen LogP contribution in [0.25, 0.3) is 5.65 Å². The van der Waals surface area contributed by atoms with E-state index in [2.05, 4.69) is 25.3 Å². The molecule has 1 aromatic carbocycles. The highest BCUT2D eigenvalue weighted by atomic mass is 16.5. The Bertz CT molecular complexity index is 914. The minimum atomic E-state index is -0.237. The molecule has 0 radical (unpaired) electrons. The van der Waals surface area contributed by atoms with E-state index in [1.165, 1.54) is 0 Å². The zero-order valence-electron chi connectivity index (χ0n) is 15.3. The van der Waals surface area contributed by atoms with Crippen LogP contribution in [0, 0.1) is 0 Å². The molecule has 142 valence electrons. The van der Waals surface area contributed by atoms with Gasteiger partial charge in [0, 0.05) is 49.4 Å². The lowest BCUT2D eigenvalue weighted by molar-refractivity contribution is 0.145. The minimum Gasteiger partial charge on any atom is -0.497 e. The normalized spacial score (nSPS) is 15.1. The quantitative estimate of drug-likeness (QED) is 0.702. The molecule has 1 fully saturated rings. The molecule has 1 aliphatic rings. The summed E-state index contributed by atoms with van der Waals surface area (Å²) >= 11 is 0. The third-order valence-corrected chi connectivity index (χ3v) is 4.61. The molecule has 0 saturated carbocycles. The van der Waals surface area contributed by atoms with Gasteiger partial charge < -0.3 is 24.8 Å². The molecule has 0 atom stereocenters. The van der Waals surface area contributed by atoms with Gasteiger partial charge in [0.1, 0.15) is 11.5 Å². The van der Waals surface area contributed by atoms with Crippen molar-refractivity contribution in [2.75, 3.05) is 37.5 Å². The van der Waals surface area contributed by atoms with Crippen LogP contribution in [0.3, 0.4) is 0 Å². The number of benzene rings is 1. The van der Waals surface area contributed by atoms with Crippen molar-refractivity contribution >= 4 is 23.1 Å². The fourth-order valence-corrected chi connectivity index (χ4v) is 3.17. The molecule has 3 aromatic rings. The molecule has 3 heterocycles. The van der Waals surface area contributed by atoms with E-state index < -0.39 is 0 Å². The summed E-state index contributed by atoms with van der Waals surface area (Å²) in [5.74, 6) is 2.58. The van der Waals surface area contributed by atoms with Crippen molar-refractivity contribution in [1.82, 2.24) is 19.6 Å². The first kappa shape index (κ1) is 17.3. The third-order valence-electron chi connectivity index (χ3n) is 4.61. The van der Waals surface area contributed by atoms with Crippen molar-refractivity contribution in [3.63, 3.8) is 0 Å². The number of ether oxygens (including phenoxy) is 2. The van der Waals surface area contributed by atoms with Gasteiger partial charge in [-0.15, -0.1) is 5.10 Å². The molecule has 0 unspecified atom stereocenters. The van der Waals surface area contributed by atoms with Gasteiger partial charge >= 0.3 is 0 Å². The van der Waals surface area contributed by atoms with E-state index >= 15 is 0 Å². The van der Waals surface area contributed by atoms with Crippen LogP contribution in [0.5, 0.6) is 11.5 Å². The van der Waals surface area contributed by atoms with Crippen LogP contribution < -0.4 is 19.7 Å². The smallest absolute Gasteiger partial charge is 0.247 e. The molecular formula is C18H22N6O3. The van der Waals surface area contributed by atoms with Crippen molar-refractivity contribution in [2.45, 2.75) is 18.9 Å². The summed E-state index contributed by atoms with van der Waals surface area (Å²) in [5, 5.41) is 17.4. The lowest BCUT2D eigenvalue weighted by atomic mass is 10.1. The van der Waals surface area contributed by atoms with Crippen molar-refractivity contribution < 1.29 is 14.6 Å². The number of fused-ring (bicyclic) bond motifs is 1. The molecule has 0 amide bonds. The molecule has 27 heavy (non-hydrogen) atoms. The molecule has 9 heteroatoms. The Morgan fingerprint density at radius 1 is 1.11 bits per heavy atom. The molecule has 1 aliphatic heterocycles. The van der Waals surface area contributed by atoms with Crippen molar-refractivity contribution in [3.8, 4) is 11.5 Å². The van der Waals surface area contributed by atoms with Gasteiger partial charge in [0.05, 0.1) is 20.3 Å². The standard InChI is InChI=1S/C18H22N6O3/c1-26-14-9-12(10-15(11-14)27-2)20-18-21-17-16(19-5-8-24(17)22-18)23-6-3-13(25)4-7-23/h5,8-11,13,25H,3-4,6-7H2,1-2H3,(H,20,22). The van der Waals surface area contributed by atoms with E-state index in [9.17, 15) is 5.11 Å². The Balaban J connectivity index is 1.63. The summed E-state index contributed by atoms with van der Waals surface area (Å²) in [6.07, 6.45) is 4.69. The van der Waals surface area contributed by atoms with Gasteiger partial charge in [-0.2, -0.15) is 4.98 Å². The summed E-state index contributed by atoms with van der Waals surface area (Å²) < 4.78 is 12.3. The molecule has 4 rings (SSSR count). The predicted octanol–water partition coefficient (Wildman–Crippen LogP) is 1.85. The van der Waals surface area contributed by atoms with Crippen LogP contribution in [0.1, 0.15) is 12.8 Å². The van der Waals surface area contributed by atoms with Crippen LogP contribution in [0.4, 0.5) is 17.5 Å². The van der Waals surface area contributed by atoms with E-state index in [1.54, 1.807) is 37.2 Å². The van der Waals surface area contributed by atoms with Crippen LogP contribution >= 0.6 is 0 Å². The van der Waals surface area contributed by atoms with Crippen LogP contribution in [0.2, 0.25) is 0 Å². The highest BCUT2D eigenvalue weighted by Crippen LogP contribution is 2.28. The molecule has 1 saturated heterocycles. The zero-order valence-corrected chi connectivity index (χ0v) is 15.3. The maximum absolute atomic E-state index is 9.73.